The molecule has 1 heterocycles. The molecule has 4 nitrogen and oxygen atoms in total. The van der Waals surface area contributed by atoms with Crippen LogP contribution in [0, 0.1) is 5.41 Å². The van der Waals surface area contributed by atoms with Crippen molar-refractivity contribution in [2.24, 2.45) is 5.41 Å². The summed E-state index contributed by atoms with van der Waals surface area (Å²) in [6.07, 6.45) is 2.03. The molecule has 1 rings (SSSR count). The van der Waals surface area contributed by atoms with E-state index in [1.54, 1.807) is 0 Å². The summed E-state index contributed by atoms with van der Waals surface area (Å²) in [5.41, 5.74) is -0.248. The third kappa shape index (κ3) is 4.28. The summed E-state index contributed by atoms with van der Waals surface area (Å²) >= 11 is 0. The molecule has 0 aromatic rings. The maximum absolute atomic E-state index is 12.1. The Kier molecular flexibility index (Phi) is 4.55. The SMILES string of the molecule is CN(C)CC(C)(C)CNC(=O)C1(C)CCCN1. The summed E-state index contributed by atoms with van der Waals surface area (Å²) in [5, 5.41) is 6.37. The number of nitrogens with zero attached hydrogens (tertiary/aromatic N) is 1. The lowest BCUT2D eigenvalue weighted by Gasteiger charge is -2.31. The molecule has 1 amide bonds. The largest absolute Gasteiger partial charge is 0.354 e. The highest BCUT2D eigenvalue weighted by molar-refractivity contribution is 5.86. The first-order valence-electron chi connectivity index (χ1n) is 6.43. The molecule has 17 heavy (non-hydrogen) atoms. The van der Waals surface area contributed by atoms with Gasteiger partial charge in [0.25, 0.3) is 0 Å². The van der Waals surface area contributed by atoms with Crippen molar-refractivity contribution in [2.75, 3.05) is 33.7 Å². The second kappa shape index (κ2) is 5.36. The van der Waals surface area contributed by atoms with E-state index in [1.807, 2.05) is 6.92 Å². The zero-order valence-corrected chi connectivity index (χ0v) is 11.9. The van der Waals surface area contributed by atoms with Crippen LogP contribution in [0.25, 0.3) is 0 Å². The van der Waals surface area contributed by atoms with Crippen LogP contribution >= 0.6 is 0 Å². The monoisotopic (exact) mass is 241 g/mol. The summed E-state index contributed by atoms with van der Waals surface area (Å²) < 4.78 is 0. The highest BCUT2D eigenvalue weighted by Crippen LogP contribution is 2.20. The molecule has 4 heteroatoms. The zero-order valence-electron chi connectivity index (χ0n) is 11.9. The maximum Gasteiger partial charge on any atom is 0.240 e. The lowest BCUT2D eigenvalue weighted by Crippen LogP contribution is -2.53. The highest BCUT2D eigenvalue weighted by Gasteiger charge is 2.36. The number of hydrogen-bond acceptors (Lipinski definition) is 3. The van der Waals surface area contributed by atoms with E-state index in [0.29, 0.717) is 0 Å². The molecule has 0 aromatic carbocycles. The molecule has 1 saturated heterocycles. The van der Waals surface area contributed by atoms with Gasteiger partial charge in [0.1, 0.15) is 0 Å². The number of carbonyl (C=O) groups is 1. The predicted octanol–water partition coefficient (Wildman–Crippen LogP) is 0.833. The molecule has 0 spiro atoms. The second-order valence-electron chi connectivity index (χ2n) is 6.45. The van der Waals surface area contributed by atoms with Crippen LogP contribution in [0.2, 0.25) is 0 Å². The normalized spacial score (nSPS) is 25.3. The van der Waals surface area contributed by atoms with Gasteiger partial charge in [-0.2, -0.15) is 0 Å². The Morgan fingerprint density at radius 2 is 2.12 bits per heavy atom. The van der Waals surface area contributed by atoms with Gasteiger partial charge in [0.15, 0.2) is 0 Å². The molecular weight excluding hydrogens is 214 g/mol. The number of hydrogen-bond donors (Lipinski definition) is 2. The van der Waals surface area contributed by atoms with Gasteiger partial charge in [-0.05, 0) is 45.8 Å². The van der Waals surface area contributed by atoms with Gasteiger partial charge < -0.3 is 15.5 Å². The molecule has 1 atom stereocenters. The maximum atomic E-state index is 12.1. The Hall–Kier alpha value is -0.610. The van der Waals surface area contributed by atoms with Crippen LogP contribution in [0.1, 0.15) is 33.6 Å². The van der Waals surface area contributed by atoms with Crippen molar-refractivity contribution in [1.29, 1.82) is 0 Å². The Bertz CT molecular complexity index is 268. The molecule has 0 bridgehead atoms. The van der Waals surface area contributed by atoms with Crippen molar-refractivity contribution in [1.82, 2.24) is 15.5 Å². The van der Waals surface area contributed by atoms with Crippen molar-refractivity contribution >= 4 is 5.91 Å². The first-order chi connectivity index (χ1) is 7.75. The summed E-state index contributed by atoms with van der Waals surface area (Å²) in [4.78, 5) is 14.3. The van der Waals surface area contributed by atoms with E-state index in [2.05, 4.69) is 43.5 Å². The van der Waals surface area contributed by atoms with Crippen LogP contribution in [-0.2, 0) is 4.79 Å². The lowest BCUT2D eigenvalue weighted by molar-refractivity contribution is -0.127. The van der Waals surface area contributed by atoms with Gasteiger partial charge >= 0.3 is 0 Å². The van der Waals surface area contributed by atoms with E-state index in [9.17, 15) is 4.79 Å². The fourth-order valence-electron chi connectivity index (χ4n) is 2.52. The van der Waals surface area contributed by atoms with Gasteiger partial charge in [-0.15, -0.1) is 0 Å². The second-order valence-corrected chi connectivity index (χ2v) is 6.45. The van der Waals surface area contributed by atoms with E-state index in [-0.39, 0.29) is 16.9 Å². The van der Waals surface area contributed by atoms with Crippen LogP contribution in [0.3, 0.4) is 0 Å². The number of amides is 1. The summed E-state index contributed by atoms with van der Waals surface area (Å²) in [5.74, 6) is 0.141. The van der Waals surface area contributed by atoms with E-state index in [4.69, 9.17) is 0 Å². The van der Waals surface area contributed by atoms with Crippen molar-refractivity contribution < 1.29 is 4.79 Å². The first kappa shape index (κ1) is 14.5. The topological polar surface area (TPSA) is 44.4 Å². The predicted molar refractivity (Wildman–Crippen MR) is 71.0 cm³/mol. The van der Waals surface area contributed by atoms with Gasteiger partial charge in [-0.1, -0.05) is 13.8 Å². The number of rotatable bonds is 5. The Morgan fingerprint density at radius 1 is 1.47 bits per heavy atom. The van der Waals surface area contributed by atoms with Gasteiger partial charge in [0, 0.05) is 13.1 Å². The van der Waals surface area contributed by atoms with E-state index >= 15 is 0 Å². The lowest BCUT2D eigenvalue weighted by atomic mass is 9.92. The van der Waals surface area contributed by atoms with Crippen LogP contribution in [0.15, 0.2) is 0 Å². The first-order valence-corrected chi connectivity index (χ1v) is 6.43. The van der Waals surface area contributed by atoms with Crippen LogP contribution in [0.5, 0.6) is 0 Å². The fraction of sp³-hybridized carbons (Fsp3) is 0.923. The molecule has 1 unspecified atom stereocenters. The van der Waals surface area contributed by atoms with E-state index in [0.717, 1.165) is 32.5 Å². The van der Waals surface area contributed by atoms with Crippen molar-refractivity contribution in [3.63, 3.8) is 0 Å². The van der Waals surface area contributed by atoms with Gasteiger partial charge in [-0.3, -0.25) is 4.79 Å². The van der Waals surface area contributed by atoms with Crippen molar-refractivity contribution in [3.8, 4) is 0 Å². The Morgan fingerprint density at radius 3 is 2.59 bits per heavy atom. The van der Waals surface area contributed by atoms with Crippen molar-refractivity contribution in [2.45, 2.75) is 39.2 Å². The molecule has 2 N–H and O–H groups in total. The zero-order chi connectivity index (χ0) is 13.1. The molecule has 100 valence electrons. The molecule has 1 fully saturated rings. The third-order valence-electron chi connectivity index (χ3n) is 3.34. The van der Waals surface area contributed by atoms with E-state index < -0.39 is 0 Å². The summed E-state index contributed by atoms with van der Waals surface area (Å²) in [6, 6.07) is 0. The molecule has 0 saturated carbocycles. The minimum absolute atomic E-state index is 0.105. The van der Waals surface area contributed by atoms with Crippen molar-refractivity contribution in [3.05, 3.63) is 0 Å². The fourth-order valence-corrected chi connectivity index (χ4v) is 2.52. The molecule has 0 aliphatic carbocycles. The highest BCUT2D eigenvalue weighted by atomic mass is 16.2. The molecule has 1 aliphatic heterocycles. The van der Waals surface area contributed by atoms with Crippen LogP contribution in [-0.4, -0.2) is 50.1 Å². The minimum atomic E-state index is -0.353. The molecule has 0 radical (unpaired) electrons. The Labute approximate surface area is 105 Å². The van der Waals surface area contributed by atoms with Gasteiger partial charge in [0.2, 0.25) is 5.91 Å². The van der Waals surface area contributed by atoms with Crippen LogP contribution < -0.4 is 10.6 Å². The van der Waals surface area contributed by atoms with E-state index in [1.165, 1.54) is 0 Å². The number of carbonyl (C=O) groups excluding carboxylic acids is 1. The van der Waals surface area contributed by atoms with Gasteiger partial charge in [0.05, 0.1) is 5.54 Å². The summed E-state index contributed by atoms with van der Waals surface area (Å²) in [6.45, 7) is 8.99. The molecule has 1 aliphatic rings. The molecule has 0 aromatic heterocycles. The Balaban J connectivity index is 2.42. The standard InChI is InChI=1S/C13H27N3O/c1-12(2,10-16(4)5)9-14-11(17)13(3)7-6-8-15-13/h15H,6-10H2,1-5H3,(H,14,17). The average Bonchev–Trinajstić information content (AvgIpc) is 2.61. The smallest absolute Gasteiger partial charge is 0.240 e. The summed E-state index contributed by atoms with van der Waals surface area (Å²) in [7, 11) is 4.12. The van der Waals surface area contributed by atoms with Crippen LogP contribution in [0.4, 0.5) is 0 Å². The van der Waals surface area contributed by atoms with Gasteiger partial charge in [-0.25, -0.2) is 0 Å². The third-order valence-corrected chi connectivity index (χ3v) is 3.34. The molecular formula is C13H27N3O. The quantitative estimate of drug-likeness (QED) is 0.749. The number of nitrogens with one attached hydrogen (secondary N) is 2. The minimum Gasteiger partial charge on any atom is -0.354 e. The average molecular weight is 241 g/mol.